The summed E-state index contributed by atoms with van der Waals surface area (Å²) in [5.74, 6) is 0.584. The van der Waals surface area contributed by atoms with Crippen LogP contribution >= 0.6 is 15.9 Å². The Hall–Kier alpha value is -1.37. The van der Waals surface area contributed by atoms with E-state index < -0.39 is 6.29 Å². The normalized spacial score (nSPS) is 10.9. The minimum Gasteiger partial charge on any atom is -0.350 e. The zero-order valence-corrected chi connectivity index (χ0v) is 11.6. The van der Waals surface area contributed by atoms with Gasteiger partial charge in [0.1, 0.15) is 5.69 Å². The second-order valence-electron chi connectivity index (χ2n) is 3.50. The molecule has 2 aromatic heterocycles. The smallest absolute Gasteiger partial charge is 0.200 e. The van der Waals surface area contributed by atoms with Crippen molar-refractivity contribution < 1.29 is 9.47 Å². The minimum absolute atomic E-state index is 0.494. The Balaban J connectivity index is 2.38. The largest absolute Gasteiger partial charge is 0.350 e. The fourth-order valence-electron chi connectivity index (χ4n) is 1.51. The number of aromatic nitrogens is 3. The maximum Gasteiger partial charge on any atom is 0.200 e. The molecule has 0 spiro atoms. The van der Waals surface area contributed by atoms with Crippen molar-refractivity contribution in [1.82, 2.24) is 15.0 Å². The summed E-state index contributed by atoms with van der Waals surface area (Å²) in [4.78, 5) is 12.7. The lowest BCUT2D eigenvalue weighted by molar-refractivity contribution is -0.108. The first-order chi connectivity index (χ1) is 8.74. The van der Waals surface area contributed by atoms with Gasteiger partial charge in [0.25, 0.3) is 0 Å². The molecule has 0 unspecified atom stereocenters. The van der Waals surface area contributed by atoms with Gasteiger partial charge in [0.15, 0.2) is 5.82 Å². The number of nitrogens with zero attached hydrogens (tertiary/aromatic N) is 3. The lowest BCUT2D eigenvalue weighted by Gasteiger charge is -2.12. The van der Waals surface area contributed by atoms with Crippen molar-refractivity contribution in [1.29, 1.82) is 0 Å². The summed E-state index contributed by atoms with van der Waals surface area (Å²) in [6, 6.07) is 3.66. The van der Waals surface area contributed by atoms with Crippen LogP contribution in [0, 0.1) is 0 Å². The van der Waals surface area contributed by atoms with Gasteiger partial charge in [0.05, 0.1) is 0 Å². The summed E-state index contributed by atoms with van der Waals surface area (Å²) in [6.07, 6.45) is 4.59. The third-order valence-electron chi connectivity index (χ3n) is 2.31. The zero-order valence-electron chi connectivity index (χ0n) is 10.0. The number of ether oxygens (including phenoxy) is 2. The molecular formula is C12H12BrN3O2. The van der Waals surface area contributed by atoms with Crippen molar-refractivity contribution in [3.63, 3.8) is 0 Å². The SMILES string of the molecule is COC(OC)c1ccnc(-c2cncc(Br)c2)n1. The predicted octanol–water partition coefficient (Wildman–Crippen LogP) is 2.59. The molecule has 0 aliphatic rings. The quantitative estimate of drug-likeness (QED) is 0.813. The molecule has 2 aromatic rings. The number of hydrogen-bond acceptors (Lipinski definition) is 5. The molecule has 0 saturated heterocycles. The first-order valence-corrected chi connectivity index (χ1v) is 6.03. The maximum atomic E-state index is 5.16. The van der Waals surface area contributed by atoms with Gasteiger partial charge < -0.3 is 9.47 Å². The molecule has 0 atom stereocenters. The Bertz CT molecular complexity index is 532. The molecule has 0 aromatic carbocycles. The molecule has 0 radical (unpaired) electrons. The highest BCUT2D eigenvalue weighted by atomic mass is 79.9. The van der Waals surface area contributed by atoms with E-state index in [-0.39, 0.29) is 0 Å². The molecule has 18 heavy (non-hydrogen) atoms. The number of hydrogen-bond donors (Lipinski definition) is 0. The third-order valence-corrected chi connectivity index (χ3v) is 2.74. The van der Waals surface area contributed by atoms with Crippen molar-refractivity contribution in [2.24, 2.45) is 0 Å². The molecule has 6 heteroatoms. The van der Waals surface area contributed by atoms with Crippen LogP contribution in [0.25, 0.3) is 11.4 Å². The Morgan fingerprint density at radius 3 is 2.67 bits per heavy atom. The van der Waals surface area contributed by atoms with E-state index in [2.05, 4.69) is 30.9 Å². The van der Waals surface area contributed by atoms with Crippen LogP contribution in [0.3, 0.4) is 0 Å². The van der Waals surface area contributed by atoms with Gasteiger partial charge in [-0.25, -0.2) is 9.97 Å². The van der Waals surface area contributed by atoms with Gasteiger partial charge >= 0.3 is 0 Å². The van der Waals surface area contributed by atoms with Crippen molar-refractivity contribution in [2.45, 2.75) is 6.29 Å². The van der Waals surface area contributed by atoms with Gasteiger partial charge in [-0.15, -0.1) is 0 Å². The third kappa shape index (κ3) is 2.90. The number of methoxy groups -OCH3 is 2. The molecule has 2 heterocycles. The van der Waals surface area contributed by atoms with Crippen LogP contribution in [-0.4, -0.2) is 29.2 Å². The topological polar surface area (TPSA) is 57.1 Å². The lowest BCUT2D eigenvalue weighted by Crippen LogP contribution is -2.07. The molecule has 2 rings (SSSR count). The van der Waals surface area contributed by atoms with E-state index in [1.807, 2.05) is 6.07 Å². The average Bonchev–Trinajstić information content (AvgIpc) is 2.41. The van der Waals surface area contributed by atoms with E-state index in [0.29, 0.717) is 11.5 Å². The molecule has 0 saturated carbocycles. The highest BCUT2D eigenvalue weighted by molar-refractivity contribution is 9.10. The molecule has 0 N–H and O–H groups in total. The van der Waals surface area contributed by atoms with E-state index in [1.54, 1.807) is 38.9 Å². The summed E-state index contributed by atoms with van der Waals surface area (Å²) >= 11 is 3.37. The van der Waals surface area contributed by atoms with Crippen molar-refractivity contribution >= 4 is 15.9 Å². The molecule has 0 aliphatic carbocycles. The lowest BCUT2D eigenvalue weighted by atomic mass is 10.2. The average molecular weight is 310 g/mol. The van der Waals surface area contributed by atoms with E-state index in [4.69, 9.17) is 9.47 Å². The first kappa shape index (κ1) is 13.1. The van der Waals surface area contributed by atoms with Crippen LogP contribution in [0.5, 0.6) is 0 Å². The van der Waals surface area contributed by atoms with Gasteiger partial charge in [-0.1, -0.05) is 0 Å². The molecule has 0 fully saturated rings. The second kappa shape index (κ2) is 5.99. The molecule has 0 aliphatic heterocycles. The molecule has 0 bridgehead atoms. The number of rotatable bonds is 4. The van der Waals surface area contributed by atoms with Gasteiger partial charge in [-0.05, 0) is 28.1 Å². The van der Waals surface area contributed by atoms with E-state index >= 15 is 0 Å². The second-order valence-corrected chi connectivity index (χ2v) is 4.42. The predicted molar refractivity (Wildman–Crippen MR) is 69.7 cm³/mol. The molecular weight excluding hydrogens is 298 g/mol. The Morgan fingerprint density at radius 1 is 1.22 bits per heavy atom. The van der Waals surface area contributed by atoms with E-state index in [9.17, 15) is 0 Å². The van der Waals surface area contributed by atoms with Crippen LogP contribution in [0.1, 0.15) is 12.0 Å². The summed E-state index contributed by atoms with van der Waals surface area (Å²) in [5, 5.41) is 0. The van der Waals surface area contributed by atoms with E-state index in [1.165, 1.54) is 0 Å². The monoisotopic (exact) mass is 309 g/mol. The fourth-order valence-corrected chi connectivity index (χ4v) is 1.88. The first-order valence-electron chi connectivity index (χ1n) is 5.24. The van der Waals surface area contributed by atoms with Crippen molar-refractivity contribution in [3.8, 4) is 11.4 Å². The van der Waals surface area contributed by atoms with Crippen LogP contribution in [0.4, 0.5) is 0 Å². The van der Waals surface area contributed by atoms with E-state index in [0.717, 1.165) is 10.0 Å². The fraction of sp³-hybridized carbons (Fsp3) is 0.250. The molecule has 0 amide bonds. The summed E-state index contributed by atoms with van der Waals surface area (Å²) in [6.45, 7) is 0. The Morgan fingerprint density at radius 2 is 2.00 bits per heavy atom. The summed E-state index contributed by atoms with van der Waals surface area (Å²) in [7, 11) is 3.13. The van der Waals surface area contributed by atoms with Crippen molar-refractivity contribution in [3.05, 3.63) is 40.9 Å². The van der Waals surface area contributed by atoms with Crippen LogP contribution in [0.15, 0.2) is 35.2 Å². The van der Waals surface area contributed by atoms with Gasteiger partial charge in [0, 0.05) is 42.8 Å². The zero-order chi connectivity index (χ0) is 13.0. The van der Waals surface area contributed by atoms with Gasteiger partial charge in [-0.2, -0.15) is 0 Å². The highest BCUT2D eigenvalue weighted by Crippen LogP contribution is 2.21. The minimum atomic E-state index is -0.494. The highest BCUT2D eigenvalue weighted by Gasteiger charge is 2.12. The van der Waals surface area contributed by atoms with Crippen molar-refractivity contribution in [2.75, 3.05) is 14.2 Å². The Kier molecular flexibility index (Phi) is 4.35. The molecule has 5 nitrogen and oxygen atoms in total. The van der Waals surface area contributed by atoms with Crippen LogP contribution in [-0.2, 0) is 9.47 Å². The van der Waals surface area contributed by atoms with Crippen LogP contribution in [0.2, 0.25) is 0 Å². The standard InChI is InChI=1S/C12H12BrN3O2/c1-17-12(18-2)10-3-4-15-11(16-10)8-5-9(13)7-14-6-8/h3-7,12H,1-2H3. The Labute approximate surface area is 113 Å². The van der Waals surface area contributed by atoms with Gasteiger partial charge in [-0.3, -0.25) is 4.98 Å². The summed E-state index contributed by atoms with van der Waals surface area (Å²) < 4.78 is 11.2. The number of halogens is 1. The number of pyridine rings is 1. The summed E-state index contributed by atoms with van der Waals surface area (Å²) in [5.41, 5.74) is 1.50. The molecule has 94 valence electrons. The van der Waals surface area contributed by atoms with Gasteiger partial charge in [0.2, 0.25) is 6.29 Å². The maximum absolute atomic E-state index is 5.16. The van der Waals surface area contributed by atoms with Crippen LogP contribution < -0.4 is 0 Å².